The Morgan fingerprint density at radius 2 is 1.72 bits per heavy atom. The molecule has 0 atom stereocenters. The summed E-state index contributed by atoms with van der Waals surface area (Å²) in [7, 11) is -2.31. The Morgan fingerprint density at radius 1 is 1.00 bits per heavy atom. The average Bonchev–Trinajstić information content (AvgIpc) is 3.21. The first-order valence-electron chi connectivity index (χ1n) is 9.72. The molecule has 0 saturated carbocycles. The van der Waals surface area contributed by atoms with Crippen LogP contribution in [0, 0.1) is 13.8 Å². The van der Waals surface area contributed by atoms with E-state index in [1.54, 1.807) is 30.3 Å². The van der Waals surface area contributed by atoms with Gasteiger partial charge in [0.25, 0.3) is 15.9 Å². The Hall–Kier alpha value is -3.43. The SMILES string of the molecule is COc1ccc(S(=O)(=O)Nc2cccc(C(=O)Nc3nc4c(C)ccc(C)c4s3)c2)cc1. The topological polar surface area (TPSA) is 97.4 Å². The van der Waals surface area contributed by atoms with Gasteiger partial charge in [0.2, 0.25) is 0 Å². The molecule has 0 spiro atoms. The van der Waals surface area contributed by atoms with E-state index in [-0.39, 0.29) is 16.5 Å². The normalized spacial score (nSPS) is 11.3. The highest BCUT2D eigenvalue weighted by molar-refractivity contribution is 7.92. The summed E-state index contributed by atoms with van der Waals surface area (Å²) < 4.78 is 33.9. The molecule has 2 N–H and O–H groups in total. The maximum atomic E-state index is 12.8. The molecule has 0 radical (unpaired) electrons. The summed E-state index contributed by atoms with van der Waals surface area (Å²) in [5.41, 5.74) is 3.60. The van der Waals surface area contributed by atoms with Gasteiger partial charge in [-0.05, 0) is 67.4 Å². The number of hydrogen-bond acceptors (Lipinski definition) is 6. The van der Waals surface area contributed by atoms with Gasteiger partial charge in [-0.25, -0.2) is 13.4 Å². The molecule has 0 unspecified atom stereocenters. The van der Waals surface area contributed by atoms with Crippen LogP contribution in [0.5, 0.6) is 5.75 Å². The second-order valence-electron chi connectivity index (χ2n) is 7.21. The van der Waals surface area contributed by atoms with Gasteiger partial charge in [-0.1, -0.05) is 29.5 Å². The average molecular weight is 468 g/mol. The highest BCUT2D eigenvalue weighted by Crippen LogP contribution is 2.31. The fourth-order valence-electron chi connectivity index (χ4n) is 3.17. The number of hydrogen-bond donors (Lipinski definition) is 2. The van der Waals surface area contributed by atoms with Gasteiger partial charge in [0, 0.05) is 11.3 Å². The van der Waals surface area contributed by atoms with Gasteiger partial charge in [-0.3, -0.25) is 14.8 Å². The second kappa shape index (κ2) is 8.60. The molecule has 0 fully saturated rings. The van der Waals surface area contributed by atoms with Crippen molar-refractivity contribution in [3.63, 3.8) is 0 Å². The van der Waals surface area contributed by atoms with Crippen LogP contribution in [-0.4, -0.2) is 26.4 Å². The van der Waals surface area contributed by atoms with Crippen LogP contribution in [0.3, 0.4) is 0 Å². The molecule has 0 aliphatic rings. The van der Waals surface area contributed by atoms with Crippen LogP contribution < -0.4 is 14.8 Å². The third kappa shape index (κ3) is 4.44. The molecule has 0 saturated heterocycles. The number of carbonyl (C=O) groups is 1. The fraction of sp³-hybridized carbons (Fsp3) is 0.130. The predicted molar refractivity (Wildman–Crippen MR) is 127 cm³/mol. The number of nitrogens with zero attached hydrogens (tertiary/aromatic N) is 1. The number of aryl methyl sites for hydroxylation is 2. The van der Waals surface area contributed by atoms with Crippen molar-refractivity contribution in [2.24, 2.45) is 0 Å². The Kier molecular flexibility index (Phi) is 5.86. The van der Waals surface area contributed by atoms with Gasteiger partial charge in [-0.15, -0.1) is 0 Å². The summed E-state index contributed by atoms with van der Waals surface area (Å²) >= 11 is 1.41. The molecular formula is C23H21N3O4S2. The number of carbonyl (C=O) groups excluding carboxylic acids is 1. The number of fused-ring (bicyclic) bond motifs is 1. The van der Waals surface area contributed by atoms with E-state index in [0.29, 0.717) is 16.4 Å². The first kappa shape index (κ1) is 21.8. The monoisotopic (exact) mass is 467 g/mol. The van der Waals surface area contributed by atoms with Crippen molar-refractivity contribution in [1.29, 1.82) is 0 Å². The molecule has 9 heteroatoms. The van der Waals surface area contributed by atoms with Gasteiger partial charge in [0.05, 0.1) is 22.2 Å². The summed E-state index contributed by atoms with van der Waals surface area (Å²) in [4.78, 5) is 17.4. The van der Waals surface area contributed by atoms with E-state index in [9.17, 15) is 13.2 Å². The Bertz CT molecular complexity index is 1370. The smallest absolute Gasteiger partial charge is 0.261 e. The Balaban J connectivity index is 1.54. The van der Waals surface area contributed by atoms with Crippen LogP contribution in [0.2, 0.25) is 0 Å². The van der Waals surface area contributed by atoms with Gasteiger partial charge >= 0.3 is 0 Å². The summed E-state index contributed by atoms with van der Waals surface area (Å²) in [6.07, 6.45) is 0. The zero-order chi connectivity index (χ0) is 22.9. The number of methoxy groups -OCH3 is 1. The van der Waals surface area contributed by atoms with Crippen LogP contribution in [0.1, 0.15) is 21.5 Å². The molecule has 164 valence electrons. The third-order valence-corrected chi connectivity index (χ3v) is 7.41. The molecule has 4 rings (SSSR count). The molecule has 0 bridgehead atoms. The quantitative estimate of drug-likeness (QED) is 0.417. The van der Waals surface area contributed by atoms with Crippen molar-refractivity contribution in [3.8, 4) is 5.75 Å². The lowest BCUT2D eigenvalue weighted by atomic mass is 10.1. The largest absolute Gasteiger partial charge is 0.497 e. The van der Waals surface area contributed by atoms with Crippen molar-refractivity contribution >= 4 is 48.3 Å². The highest BCUT2D eigenvalue weighted by atomic mass is 32.2. The first-order valence-corrected chi connectivity index (χ1v) is 12.0. The number of nitrogens with one attached hydrogen (secondary N) is 2. The maximum absolute atomic E-state index is 12.8. The number of ether oxygens (including phenoxy) is 1. The highest BCUT2D eigenvalue weighted by Gasteiger charge is 2.16. The lowest BCUT2D eigenvalue weighted by Crippen LogP contribution is -2.15. The molecule has 1 heterocycles. The van der Waals surface area contributed by atoms with Gasteiger partial charge in [0.15, 0.2) is 5.13 Å². The van der Waals surface area contributed by atoms with E-state index < -0.39 is 10.0 Å². The maximum Gasteiger partial charge on any atom is 0.261 e. The Labute approximate surface area is 190 Å². The molecule has 3 aromatic carbocycles. The third-order valence-electron chi connectivity index (χ3n) is 4.91. The van der Waals surface area contributed by atoms with Crippen LogP contribution in [0.4, 0.5) is 10.8 Å². The van der Waals surface area contributed by atoms with E-state index >= 15 is 0 Å². The molecule has 1 amide bonds. The van der Waals surface area contributed by atoms with Gasteiger partial charge < -0.3 is 4.74 Å². The minimum atomic E-state index is -3.81. The lowest BCUT2D eigenvalue weighted by molar-refractivity contribution is 0.102. The molecule has 4 aromatic rings. The number of anilines is 2. The fourth-order valence-corrected chi connectivity index (χ4v) is 5.23. The van der Waals surface area contributed by atoms with E-state index in [0.717, 1.165) is 21.3 Å². The molecule has 7 nitrogen and oxygen atoms in total. The Morgan fingerprint density at radius 3 is 2.41 bits per heavy atom. The first-order chi connectivity index (χ1) is 15.3. The van der Waals surface area contributed by atoms with E-state index in [2.05, 4.69) is 15.0 Å². The zero-order valence-corrected chi connectivity index (χ0v) is 19.3. The van der Waals surface area contributed by atoms with Crippen molar-refractivity contribution in [1.82, 2.24) is 4.98 Å². The summed E-state index contributed by atoms with van der Waals surface area (Å²) in [5.74, 6) is 0.188. The molecule has 0 aliphatic carbocycles. The zero-order valence-electron chi connectivity index (χ0n) is 17.7. The molecule has 1 aromatic heterocycles. The van der Waals surface area contributed by atoms with Crippen molar-refractivity contribution in [3.05, 3.63) is 77.4 Å². The van der Waals surface area contributed by atoms with Crippen LogP contribution in [0.25, 0.3) is 10.2 Å². The lowest BCUT2D eigenvalue weighted by Gasteiger charge is -2.10. The molecule has 32 heavy (non-hydrogen) atoms. The van der Waals surface area contributed by atoms with E-state index in [1.807, 2.05) is 26.0 Å². The summed E-state index contributed by atoms with van der Waals surface area (Å²) in [6.45, 7) is 3.98. The predicted octanol–water partition coefficient (Wildman–Crippen LogP) is 4.97. The van der Waals surface area contributed by atoms with Crippen LogP contribution in [0.15, 0.2) is 65.6 Å². The van der Waals surface area contributed by atoms with Crippen molar-refractivity contribution in [2.45, 2.75) is 18.7 Å². The summed E-state index contributed by atoms with van der Waals surface area (Å²) in [6, 6.07) is 16.4. The second-order valence-corrected chi connectivity index (χ2v) is 9.89. The number of aromatic nitrogens is 1. The van der Waals surface area contributed by atoms with Crippen LogP contribution in [-0.2, 0) is 10.0 Å². The number of sulfonamides is 1. The minimum Gasteiger partial charge on any atom is -0.497 e. The van der Waals surface area contributed by atoms with Crippen molar-refractivity contribution in [2.75, 3.05) is 17.1 Å². The standard InChI is InChI=1S/C23H21N3O4S2/c1-14-7-8-15(2)21-20(14)24-23(31-21)25-22(27)16-5-4-6-17(13-16)26-32(28,29)19-11-9-18(30-3)10-12-19/h4-13,26H,1-3H3,(H,24,25,27). The van der Waals surface area contributed by atoms with Gasteiger partial charge in [-0.2, -0.15) is 0 Å². The minimum absolute atomic E-state index is 0.0911. The summed E-state index contributed by atoms with van der Waals surface area (Å²) in [5, 5.41) is 3.31. The number of amides is 1. The molecular weight excluding hydrogens is 446 g/mol. The van der Waals surface area contributed by atoms with Gasteiger partial charge in [0.1, 0.15) is 5.75 Å². The number of rotatable bonds is 6. The van der Waals surface area contributed by atoms with Crippen molar-refractivity contribution < 1.29 is 17.9 Å². The van der Waals surface area contributed by atoms with E-state index in [4.69, 9.17) is 4.74 Å². The molecule has 0 aliphatic heterocycles. The van der Waals surface area contributed by atoms with Crippen LogP contribution >= 0.6 is 11.3 Å². The number of thiazole rings is 1. The van der Waals surface area contributed by atoms with E-state index in [1.165, 1.54) is 36.6 Å². The number of benzene rings is 3.